The van der Waals surface area contributed by atoms with Crippen molar-refractivity contribution in [2.75, 3.05) is 13.1 Å². The molecule has 138 valence electrons. The van der Waals surface area contributed by atoms with Crippen molar-refractivity contribution in [2.24, 2.45) is 0 Å². The Morgan fingerprint density at radius 1 is 1.26 bits per heavy atom. The lowest BCUT2D eigenvalue weighted by Crippen LogP contribution is -2.39. The number of rotatable bonds is 3. The lowest BCUT2D eigenvalue weighted by molar-refractivity contribution is 0.0706. The van der Waals surface area contributed by atoms with Crippen LogP contribution in [0.2, 0.25) is 0 Å². The van der Waals surface area contributed by atoms with Crippen molar-refractivity contribution < 1.29 is 9.32 Å². The van der Waals surface area contributed by atoms with E-state index in [0.29, 0.717) is 23.7 Å². The fourth-order valence-electron chi connectivity index (χ4n) is 3.54. The van der Waals surface area contributed by atoms with Crippen LogP contribution in [0.3, 0.4) is 0 Å². The number of hydrogen-bond donors (Lipinski definition) is 0. The predicted octanol–water partition coefficient (Wildman–Crippen LogP) is 3.16. The first kappa shape index (κ1) is 17.3. The second-order valence-corrected chi connectivity index (χ2v) is 6.87. The van der Waals surface area contributed by atoms with Gasteiger partial charge in [0.1, 0.15) is 5.82 Å². The highest BCUT2D eigenvalue weighted by Gasteiger charge is 2.29. The average molecular weight is 363 g/mol. The molecule has 3 aromatic heterocycles. The maximum absolute atomic E-state index is 12.8. The third kappa shape index (κ3) is 3.58. The van der Waals surface area contributed by atoms with E-state index in [1.165, 1.54) is 0 Å². The molecule has 0 saturated carbocycles. The fourth-order valence-corrected chi connectivity index (χ4v) is 3.54. The molecule has 1 amide bonds. The summed E-state index contributed by atoms with van der Waals surface area (Å²) < 4.78 is 5.45. The van der Waals surface area contributed by atoms with Gasteiger partial charge >= 0.3 is 0 Å². The van der Waals surface area contributed by atoms with Crippen molar-refractivity contribution in [1.82, 2.24) is 25.0 Å². The van der Waals surface area contributed by atoms with Crippen LogP contribution in [0.5, 0.6) is 0 Å². The SMILES string of the molecule is Cc1cc(-c2cnc(C)nc2C2CCCN(C(=O)c3ccncc3)C2)on1. The van der Waals surface area contributed by atoms with E-state index in [2.05, 4.69) is 15.1 Å². The highest BCUT2D eigenvalue weighted by Crippen LogP contribution is 2.33. The maximum Gasteiger partial charge on any atom is 0.253 e. The Hall–Kier alpha value is -3.09. The number of piperidine rings is 1. The molecule has 7 heteroatoms. The van der Waals surface area contributed by atoms with Gasteiger partial charge in [-0.3, -0.25) is 9.78 Å². The normalized spacial score (nSPS) is 17.1. The molecule has 27 heavy (non-hydrogen) atoms. The minimum absolute atomic E-state index is 0.0323. The van der Waals surface area contributed by atoms with Crippen molar-refractivity contribution in [3.05, 3.63) is 59.6 Å². The van der Waals surface area contributed by atoms with E-state index in [-0.39, 0.29) is 11.8 Å². The van der Waals surface area contributed by atoms with Gasteiger partial charge in [-0.2, -0.15) is 0 Å². The van der Waals surface area contributed by atoms with Gasteiger partial charge in [-0.15, -0.1) is 0 Å². The molecule has 0 N–H and O–H groups in total. The molecule has 7 nitrogen and oxygen atoms in total. The number of nitrogens with zero attached hydrogens (tertiary/aromatic N) is 5. The van der Waals surface area contributed by atoms with Crippen LogP contribution in [-0.4, -0.2) is 44.0 Å². The van der Waals surface area contributed by atoms with Crippen molar-refractivity contribution >= 4 is 5.91 Å². The highest BCUT2D eigenvalue weighted by molar-refractivity contribution is 5.94. The number of hydrogen-bond acceptors (Lipinski definition) is 6. The van der Waals surface area contributed by atoms with E-state index in [9.17, 15) is 4.79 Å². The summed E-state index contributed by atoms with van der Waals surface area (Å²) in [7, 11) is 0. The van der Waals surface area contributed by atoms with Crippen molar-refractivity contribution in [3.8, 4) is 11.3 Å². The van der Waals surface area contributed by atoms with Crippen LogP contribution in [0.15, 0.2) is 41.3 Å². The molecule has 1 saturated heterocycles. The molecule has 1 aliphatic rings. The fraction of sp³-hybridized carbons (Fsp3) is 0.350. The number of carbonyl (C=O) groups excluding carboxylic acids is 1. The van der Waals surface area contributed by atoms with Gasteiger partial charge in [-0.25, -0.2) is 9.97 Å². The summed E-state index contributed by atoms with van der Waals surface area (Å²) in [5.74, 6) is 1.54. The Bertz CT molecular complexity index is 954. The Morgan fingerprint density at radius 3 is 2.81 bits per heavy atom. The first-order valence-corrected chi connectivity index (χ1v) is 9.08. The predicted molar refractivity (Wildman–Crippen MR) is 99.1 cm³/mol. The third-order valence-corrected chi connectivity index (χ3v) is 4.85. The van der Waals surface area contributed by atoms with E-state index in [1.54, 1.807) is 30.7 Å². The first-order chi connectivity index (χ1) is 13.1. The zero-order valence-corrected chi connectivity index (χ0v) is 15.4. The van der Waals surface area contributed by atoms with Gasteiger partial charge in [0.2, 0.25) is 0 Å². The van der Waals surface area contributed by atoms with Gasteiger partial charge in [0.15, 0.2) is 5.76 Å². The molecule has 0 aromatic carbocycles. The molecule has 4 rings (SSSR count). The minimum atomic E-state index is 0.0323. The summed E-state index contributed by atoms with van der Waals surface area (Å²) in [6, 6.07) is 5.40. The molecule has 1 aliphatic heterocycles. The van der Waals surface area contributed by atoms with Gasteiger partial charge in [-0.1, -0.05) is 5.16 Å². The molecular weight excluding hydrogens is 342 g/mol. The molecule has 4 heterocycles. The second-order valence-electron chi connectivity index (χ2n) is 6.87. The maximum atomic E-state index is 12.8. The van der Waals surface area contributed by atoms with Gasteiger partial charge in [0, 0.05) is 49.2 Å². The number of amides is 1. The average Bonchev–Trinajstić information content (AvgIpc) is 3.14. The van der Waals surface area contributed by atoms with Crippen LogP contribution in [0.25, 0.3) is 11.3 Å². The van der Waals surface area contributed by atoms with Crippen LogP contribution >= 0.6 is 0 Å². The molecule has 0 spiro atoms. The smallest absolute Gasteiger partial charge is 0.253 e. The van der Waals surface area contributed by atoms with Crippen molar-refractivity contribution in [2.45, 2.75) is 32.6 Å². The molecule has 1 fully saturated rings. The van der Waals surface area contributed by atoms with E-state index in [4.69, 9.17) is 9.51 Å². The van der Waals surface area contributed by atoms with Crippen LogP contribution in [-0.2, 0) is 0 Å². The van der Waals surface area contributed by atoms with Crippen LogP contribution < -0.4 is 0 Å². The zero-order valence-electron chi connectivity index (χ0n) is 15.4. The van der Waals surface area contributed by atoms with E-state index in [1.807, 2.05) is 24.8 Å². The number of carbonyl (C=O) groups is 1. The van der Waals surface area contributed by atoms with Gasteiger partial charge < -0.3 is 9.42 Å². The largest absolute Gasteiger partial charge is 0.356 e. The van der Waals surface area contributed by atoms with Crippen LogP contribution in [0.1, 0.15) is 46.3 Å². The molecule has 1 atom stereocenters. The molecule has 1 unspecified atom stereocenters. The van der Waals surface area contributed by atoms with Gasteiger partial charge in [0.05, 0.1) is 17.0 Å². The molecule has 3 aromatic rings. The minimum Gasteiger partial charge on any atom is -0.356 e. The summed E-state index contributed by atoms with van der Waals surface area (Å²) in [6.45, 7) is 5.13. The van der Waals surface area contributed by atoms with Crippen molar-refractivity contribution in [3.63, 3.8) is 0 Å². The Morgan fingerprint density at radius 2 is 2.07 bits per heavy atom. The summed E-state index contributed by atoms with van der Waals surface area (Å²) in [5.41, 5.74) is 3.25. The number of pyridine rings is 1. The van der Waals surface area contributed by atoms with Gasteiger partial charge in [-0.05, 0) is 38.8 Å². The number of aryl methyl sites for hydroxylation is 2. The monoisotopic (exact) mass is 363 g/mol. The number of aromatic nitrogens is 4. The zero-order chi connectivity index (χ0) is 18.8. The highest BCUT2D eigenvalue weighted by atomic mass is 16.5. The van der Waals surface area contributed by atoms with E-state index >= 15 is 0 Å². The first-order valence-electron chi connectivity index (χ1n) is 9.08. The van der Waals surface area contributed by atoms with Crippen LogP contribution in [0.4, 0.5) is 0 Å². The molecule has 0 radical (unpaired) electrons. The quantitative estimate of drug-likeness (QED) is 0.710. The second kappa shape index (κ2) is 7.26. The van der Waals surface area contributed by atoms with Crippen LogP contribution in [0, 0.1) is 13.8 Å². The summed E-state index contributed by atoms with van der Waals surface area (Å²) >= 11 is 0. The molecule has 0 bridgehead atoms. The number of likely N-dealkylation sites (tertiary alicyclic amines) is 1. The molecule has 0 aliphatic carbocycles. The molecular formula is C20H21N5O2. The third-order valence-electron chi connectivity index (χ3n) is 4.85. The lowest BCUT2D eigenvalue weighted by atomic mass is 9.91. The lowest BCUT2D eigenvalue weighted by Gasteiger charge is -2.33. The summed E-state index contributed by atoms with van der Waals surface area (Å²) in [6.07, 6.45) is 6.98. The van der Waals surface area contributed by atoms with E-state index in [0.717, 1.165) is 36.3 Å². The standard InChI is InChI=1S/C20H21N5O2/c1-13-10-18(27-24-13)17-11-22-14(2)23-19(17)16-4-3-9-25(12-16)20(26)15-5-7-21-8-6-15/h5-8,10-11,16H,3-4,9,12H2,1-2H3. The topological polar surface area (TPSA) is 85.0 Å². The van der Waals surface area contributed by atoms with E-state index < -0.39 is 0 Å². The Kier molecular flexibility index (Phi) is 4.66. The van der Waals surface area contributed by atoms with Gasteiger partial charge in [0.25, 0.3) is 5.91 Å². The summed E-state index contributed by atoms with van der Waals surface area (Å²) in [5, 5.41) is 3.98. The summed E-state index contributed by atoms with van der Waals surface area (Å²) in [4.78, 5) is 27.8. The Labute approximate surface area is 157 Å². The Balaban J connectivity index is 1.63. The van der Waals surface area contributed by atoms with Crippen molar-refractivity contribution in [1.29, 1.82) is 0 Å².